The Morgan fingerprint density at radius 1 is 1.00 bits per heavy atom. The molecule has 1 aromatic heterocycles. The summed E-state index contributed by atoms with van der Waals surface area (Å²) >= 11 is 0.805. The molecule has 1 amide bonds. The molecule has 3 aromatic rings. The van der Waals surface area contributed by atoms with Gasteiger partial charge in [0, 0.05) is 11.6 Å². The number of hydrogen-bond acceptors (Lipinski definition) is 6. The van der Waals surface area contributed by atoms with Gasteiger partial charge in [0.25, 0.3) is 15.9 Å². The number of aryl methyl sites for hydroxylation is 2. The van der Waals surface area contributed by atoms with Crippen LogP contribution in [0.2, 0.25) is 0 Å². The second kappa shape index (κ2) is 8.17. The summed E-state index contributed by atoms with van der Waals surface area (Å²) in [4.78, 5) is 12.4. The average Bonchev–Trinajstić information content (AvgIpc) is 3.11. The lowest BCUT2D eigenvalue weighted by Crippen LogP contribution is -2.27. The number of carbonyl (C=O) groups is 1. The minimum atomic E-state index is -3.87. The van der Waals surface area contributed by atoms with Crippen LogP contribution in [0.5, 0.6) is 0 Å². The van der Waals surface area contributed by atoms with Crippen LogP contribution in [0.4, 0.5) is 5.13 Å². The maximum atomic E-state index is 12.6. The number of carbonyl (C=O) groups excluding carboxylic acids is 1. The van der Waals surface area contributed by atoms with Crippen LogP contribution in [-0.2, 0) is 10.0 Å². The fourth-order valence-corrected chi connectivity index (χ4v) is 4.91. The first-order valence-electron chi connectivity index (χ1n) is 8.56. The van der Waals surface area contributed by atoms with Gasteiger partial charge < -0.3 is 0 Å². The highest BCUT2D eigenvalue weighted by Gasteiger charge is 2.24. The summed E-state index contributed by atoms with van der Waals surface area (Å²) in [5.41, 5.74) is 3.17. The van der Waals surface area contributed by atoms with E-state index < -0.39 is 16.1 Å². The van der Waals surface area contributed by atoms with Crippen molar-refractivity contribution in [2.24, 2.45) is 0 Å². The lowest BCUT2D eigenvalue weighted by molar-refractivity contribution is 0.102. The normalized spacial score (nSPS) is 12.5. The lowest BCUT2D eigenvalue weighted by atomic mass is 10.0. The Kier molecular flexibility index (Phi) is 5.87. The fraction of sp³-hybridized carbons (Fsp3) is 0.211. The zero-order valence-electron chi connectivity index (χ0n) is 15.6. The highest BCUT2D eigenvalue weighted by Crippen LogP contribution is 2.24. The van der Waals surface area contributed by atoms with E-state index in [4.69, 9.17) is 0 Å². The number of sulfonamides is 1. The Labute approximate surface area is 167 Å². The summed E-state index contributed by atoms with van der Waals surface area (Å²) in [5.74, 6) is -0.362. The Hall–Kier alpha value is -2.62. The van der Waals surface area contributed by atoms with Crippen LogP contribution in [0.3, 0.4) is 0 Å². The van der Waals surface area contributed by atoms with Crippen LogP contribution in [0.25, 0.3) is 0 Å². The number of benzene rings is 2. The second-order valence-electron chi connectivity index (χ2n) is 6.34. The molecule has 0 aliphatic carbocycles. The summed E-state index contributed by atoms with van der Waals surface area (Å²) in [7, 11) is -3.87. The van der Waals surface area contributed by atoms with E-state index in [0.29, 0.717) is 5.56 Å². The molecule has 146 valence electrons. The Bertz CT molecular complexity index is 1110. The van der Waals surface area contributed by atoms with Crippen molar-refractivity contribution in [3.63, 3.8) is 0 Å². The molecule has 1 heterocycles. The van der Waals surface area contributed by atoms with Crippen molar-refractivity contribution in [3.05, 3.63) is 70.8 Å². The molecular formula is C19H20N4O3S2. The number of hydrogen-bond donors (Lipinski definition) is 2. The van der Waals surface area contributed by atoms with Crippen LogP contribution in [-0.4, -0.2) is 24.5 Å². The summed E-state index contributed by atoms with van der Waals surface area (Å²) in [6.45, 7) is 5.51. The van der Waals surface area contributed by atoms with Crippen molar-refractivity contribution in [2.75, 3.05) is 5.32 Å². The van der Waals surface area contributed by atoms with E-state index in [9.17, 15) is 13.2 Å². The molecule has 0 aliphatic rings. The smallest absolute Gasteiger partial charge is 0.270 e. The average molecular weight is 417 g/mol. The van der Waals surface area contributed by atoms with Crippen LogP contribution in [0.1, 0.15) is 40.0 Å². The molecule has 0 saturated carbocycles. The third kappa shape index (κ3) is 4.44. The number of amides is 1. The van der Waals surface area contributed by atoms with Gasteiger partial charge in [0.1, 0.15) is 0 Å². The van der Waals surface area contributed by atoms with Crippen LogP contribution in [0.15, 0.2) is 52.9 Å². The molecule has 0 fully saturated rings. The van der Waals surface area contributed by atoms with Gasteiger partial charge in [0.15, 0.2) is 0 Å². The first-order valence-corrected chi connectivity index (χ1v) is 10.9. The molecule has 0 radical (unpaired) electrons. The fourth-order valence-electron chi connectivity index (χ4n) is 2.78. The Balaban J connectivity index is 1.74. The van der Waals surface area contributed by atoms with Gasteiger partial charge in [-0.3, -0.25) is 10.1 Å². The first-order chi connectivity index (χ1) is 13.3. The van der Waals surface area contributed by atoms with E-state index in [2.05, 4.69) is 20.2 Å². The molecule has 28 heavy (non-hydrogen) atoms. The zero-order chi connectivity index (χ0) is 20.3. The lowest BCUT2D eigenvalue weighted by Gasteiger charge is -2.15. The number of nitrogens with one attached hydrogen (secondary N) is 2. The second-order valence-corrected chi connectivity index (χ2v) is 9.21. The molecule has 2 aromatic carbocycles. The van der Waals surface area contributed by atoms with Crippen molar-refractivity contribution in [1.82, 2.24) is 14.9 Å². The molecule has 9 heteroatoms. The molecule has 1 atom stereocenters. The van der Waals surface area contributed by atoms with Gasteiger partial charge in [-0.05, 0) is 43.5 Å². The number of aromatic nitrogens is 2. The van der Waals surface area contributed by atoms with Crippen molar-refractivity contribution in [2.45, 2.75) is 31.2 Å². The van der Waals surface area contributed by atoms with Crippen molar-refractivity contribution >= 4 is 32.4 Å². The largest absolute Gasteiger partial charge is 0.296 e. The summed E-state index contributed by atoms with van der Waals surface area (Å²) in [6, 6.07) is 14.2. The van der Waals surface area contributed by atoms with E-state index in [0.717, 1.165) is 28.0 Å². The highest BCUT2D eigenvalue weighted by atomic mass is 32.2. The van der Waals surface area contributed by atoms with Crippen molar-refractivity contribution in [3.8, 4) is 0 Å². The quantitative estimate of drug-likeness (QED) is 0.600. The Morgan fingerprint density at radius 3 is 2.32 bits per heavy atom. The van der Waals surface area contributed by atoms with E-state index in [-0.39, 0.29) is 15.4 Å². The zero-order valence-corrected chi connectivity index (χ0v) is 17.3. The predicted octanol–water partition coefficient (Wildman–Crippen LogP) is 3.45. The van der Waals surface area contributed by atoms with Gasteiger partial charge in [-0.1, -0.05) is 53.8 Å². The molecule has 0 saturated heterocycles. The van der Waals surface area contributed by atoms with Gasteiger partial charge in [-0.15, -0.1) is 10.2 Å². The molecule has 0 bridgehead atoms. The maximum Gasteiger partial charge on any atom is 0.270 e. The molecule has 0 unspecified atom stereocenters. The van der Waals surface area contributed by atoms with Crippen molar-refractivity contribution < 1.29 is 13.2 Å². The molecular weight excluding hydrogens is 396 g/mol. The molecule has 3 rings (SSSR count). The Morgan fingerprint density at radius 2 is 1.64 bits per heavy atom. The van der Waals surface area contributed by atoms with Crippen LogP contribution in [0, 0.1) is 13.8 Å². The SMILES string of the molecule is Cc1ccccc1C(=O)Nc1nnc(S(=O)(=O)N[C@H](C)c2ccccc2C)s1. The van der Waals surface area contributed by atoms with Crippen LogP contribution < -0.4 is 10.0 Å². The highest BCUT2D eigenvalue weighted by molar-refractivity contribution is 7.91. The third-order valence-electron chi connectivity index (χ3n) is 4.23. The third-order valence-corrected chi connectivity index (χ3v) is 6.98. The maximum absolute atomic E-state index is 12.6. The van der Waals surface area contributed by atoms with Gasteiger partial charge in [-0.2, -0.15) is 0 Å². The standard InChI is InChI=1S/C19H20N4O3S2/c1-12-8-4-6-10-15(12)14(3)23-28(25,26)19-22-21-18(27-19)20-17(24)16-11-7-5-9-13(16)2/h4-11,14,23H,1-3H3,(H,20,21,24)/t14-/m1/s1. The van der Waals surface area contributed by atoms with E-state index >= 15 is 0 Å². The summed E-state index contributed by atoms with van der Waals surface area (Å²) in [5, 5.41) is 10.2. The summed E-state index contributed by atoms with van der Waals surface area (Å²) < 4.78 is 27.7. The number of anilines is 1. The molecule has 0 aliphatic heterocycles. The van der Waals surface area contributed by atoms with Crippen LogP contribution >= 0.6 is 11.3 Å². The number of nitrogens with zero attached hydrogens (tertiary/aromatic N) is 2. The topological polar surface area (TPSA) is 101 Å². The van der Waals surface area contributed by atoms with Crippen molar-refractivity contribution in [1.29, 1.82) is 0 Å². The predicted molar refractivity (Wildman–Crippen MR) is 109 cm³/mol. The van der Waals surface area contributed by atoms with Gasteiger partial charge in [0.2, 0.25) is 9.47 Å². The summed E-state index contributed by atoms with van der Waals surface area (Å²) in [6.07, 6.45) is 0. The van der Waals surface area contributed by atoms with Gasteiger partial charge >= 0.3 is 0 Å². The monoisotopic (exact) mass is 416 g/mol. The molecule has 7 nitrogen and oxygen atoms in total. The minimum absolute atomic E-state index is 0.122. The first kappa shape index (κ1) is 20.1. The molecule has 2 N–H and O–H groups in total. The van der Waals surface area contributed by atoms with Gasteiger partial charge in [-0.25, -0.2) is 13.1 Å². The van der Waals surface area contributed by atoms with E-state index in [1.807, 2.05) is 50.2 Å². The molecule has 0 spiro atoms. The minimum Gasteiger partial charge on any atom is -0.296 e. The van der Waals surface area contributed by atoms with E-state index in [1.54, 1.807) is 19.1 Å². The van der Waals surface area contributed by atoms with Gasteiger partial charge in [0.05, 0.1) is 0 Å². The van der Waals surface area contributed by atoms with E-state index in [1.165, 1.54) is 0 Å². The number of rotatable bonds is 6.